The molecule has 3 aromatic rings. The molecule has 0 atom stereocenters. The van der Waals surface area contributed by atoms with Gasteiger partial charge in [0.05, 0.1) is 37.8 Å². The van der Waals surface area contributed by atoms with Crippen molar-refractivity contribution >= 4 is 74.4 Å². The van der Waals surface area contributed by atoms with Crippen molar-refractivity contribution in [2.24, 2.45) is 0 Å². The molecule has 1 aromatic heterocycles. The van der Waals surface area contributed by atoms with Gasteiger partial charge in [0.25, 0.3) is 10.0 Å². The van der Waals surface area contributed by atoms with E-state index in [2.05, 4.69) is 4.98 Å². The van der Waals surface area contributed by atoms with Gasteiger partial charge in [0.1, 0.15) is 29.2 Å². The lowest BCUT2D eigenvalue weighted by Crippen LogP contribution is -3.00. The number of benzene rings is 2. The van der Waals surface area contributed by atoms with Crippen LogP contribution in [-0.4, -0.2) is 105 Å². The molecule has 2 heterocycles. The summed E-state index contributed by atoms with van der Waals surface area (Å²) < 4.78 is 46.2. The summed E-state index contributed by atoms with van der Waals surface area (Å²) in [6.07, 6.45) is 1.43. The van der Waals surface area contributed by atoms with Gasteiger partial charge in [0, 0.05) is 28.5 Å². The van der Waals surface area contributed by atoms with Crippen LogP contribution >= 0.6 is 23.2 Å². The molecule has 0 saturated carbocycles. The normalized spacial score (nSPS) is 13.3. The molecule has 18 heteroatoms. The lowest BCUT2D eigenvalue weighted by molar-refractivity contribution is -0.881. The summed E-state index contributed by atoms with van der Waals surface area (Å²) in [5.74, 6) is -0.507. The Balaban J connectivity index is 0.00000870. The van der Waals surface area contributed by atoms with Crippen molar-refractivity contribution in [2.75, 3.05) is 60.9 Å². The fraction of sp³-hybridized carbons (Fsp3) is 0.513. The van der Waals surface area contributed by atoms with Gasteiger partial charge in [0.2, 0.25) is 5.95 Å². The Morgan fingerprint density at radius 3 is 2.00 bits per heavy atom. The highest BCUT2D eigenvalue weighted by atomic mass is 79.9. The van der Waals surface area contributed by atoms with Crippen LogP contribution in [0.5, 0.6) is 0 Å². The Hall–Kier alpha value is -3.70. The maximum absolute atomic E-state index is 14.1. The van der Waals surface area contributed by atoms with Crippen LogP contribution in [0.2, 0.25) is 10.0 Å². The quantitative estimate of drug-likeness (QED) is 0.147. The first-order valence-corrected chi connectivity index (χ1v) is 20.3. The number of anilines is 4. The number of sulfonamides is 1. The molecule has 57 heavy (non-hydrogen) atoms. The first-order chi connectivity index (χ1) is 25.6. The molecule has 1 amide bonds. The highest BCUT2D eigenvalue weighted by molar-refractivity contribution is 7.92. The van der Waals surface area contributed by atoms with Crippen LogP contribution in [0.3, 0.4) is 0 Å². The standard InChI is InChI=1S/C39H53Cl2N6O8S.BrH/c1-37(2,3)53-33(48)24-46(56(51,52)30-22-27(40)21-28(41)23-30)29-12-13-31-26(20-29)15-17-44(31)35-42-16-14-32(43-35)45(36(50)55-39(7,8)9)18-19-47(10,11)25-34(49)54-38(4,5)6;/h12-14,16,20-23H,15,17-19,24-25H2,1-11H3;1H/q+1;/p-1. The van der Waals surface area contributed by atoms with Crippen LogP contribution in [0.25, 0.3) is 0 Å². The summed E-state index contributed by atoms with van der Waals surface area (Å²) in [7, 11) is -0.597. The predicted octanol–water partition coefficient (Wildman–Crippen LogP) is 4.18. The number of halogens is 3. The van der Waals surface area contributed by atoms with Gasteiger partial charge < -0.3 is 40.6 Å². The third-order valence-electron chi connectivity index (χ3n) is 8.03. The number of rotatable bonds is 12. The zero-order valence-corrected chi connectivity index (χ0v) is 38.3. The number of carbonyl (C=O) groups is 3. The van der Waals surface area contributed by atoms with E-state index in [1.54, 1.807) is 72.0 Å². The first-order valence-electron chi connectivity index (χ1n) is 18.1. The van der Waals surface area contributed by atoms with Crippen LogP contribution < -0.4 is 31.1 Å². The lowest BCUT2D eigenvalue weighted by atomic mass is 10.1. The SMILES string of the molecule is CC(C)(C)OC(=O)CN(c1ccc2c(c1)CCN2c1nccc(N(CC[N+](C)(C)CC(=O)OC(C)(C)C)C(=O)OC(C)(C)C)n1)S(=O)(=O)c1cc(Cl)cc(Cl)c1.[Br-]. The number of likely N-dealkylation sites (N-methyl/N-ethyl adjacent to an activating group) is 1. The summed E-state index contributed by atoms with van der Waals surface area (Å²) in [6.45, 7) is 16.3. The van der Waals surface area contributed by atoms with Crippen molar-refractivity contribution in [3.8, 4) is 0 Å². The van der Waals surface area contributed by atoms with Crippen LogP contribution in [0.15, 0.2) is 53.6 Å². The van der Waals surface area contributed by atoms with Crippen molar-refractivity contribution in [3.63, 3.8) is 0 Å². The molecule has 1 aliphatic heterocycles. The van der Waals surface area contributed by atoms with Gasteiger partial charge in [-0.05, 0) is 117 Å². The number of hydrogen-bond acceptors (Lipinski definition) is 11. The van der Waals surface area contributed by atoms with Gasteiger partial charge in [-0.25, -0.2) is 23.0 Å². The second-order valence-electron chi connectivity index (χ2n) is 17.2. The molecular formula is C39H53BrCl2N6O8S. The van der Waals surface area contributed by atoms with E-state index in [9.17, 15) is 22.8 Å². The molecule has 0 unspecified atom stereocenters. The molecule has 0 bridgehead atoms. The van der Waals surface area contributed by atoms with Gasteiger partial charge in [-0.15, -0.1) is 0 Å². The van der Waals surface area contributed by atoms with Crippen LogP contribution in [0, 0.1) is 0 Å². The number of fused-ring (bicyclic) bond motifs is 1. The molecule has 14 nitrogen and oxygen atoms in total. The van der Waals surface area contributed by atoms with E-state index < -0.39 is 45.4 Å². The summed E-state index contributed by atoms with van der Waals surface area (Å²) in [5, 5.41) is 0.239. The average molecular weight is 917 g/mol. The number of amides is 1. The summed E-state index contributed by atoms with van der Waals surface area (Å²) in [5.41, 5.74) is -0.559. The molecular weight excluding hydrogens is 863 g/mol. The molecule has 0 radical (unpaired) electrons. The van der Waals surface area contributed by atoms with Gasteiger partial charge in [-0.1, -0.05) is 23.2 Å². The number of quaternary nitrogens is 1. The van der Waals surface area contributed by atoms with E-state index in [4.69, 9.17) is 42.4 Å². The monoisotopic (exact) mass is 914 g/mol. The molecule has 0 N–H and O–H groups in total. The summed E-state index contributed by atoms with van der Waals surface area (Å²) in [4.78, 5) is 51.8. The molecule has 1 aliphatic rings. The number of esters is 2. The van der Waals surface area contributed by atoms with E-state index in [1.165, 1.54) is 23.1 Å². The average Bonchev–Trinajstić information content (AvgIpc) is 3.44. The van der Waals surface area contributed by atoms with Gasteiger partial charge >= 0.3 is 18.0 Å². The minimum absolute atomic E-state index is 0. The molecule has 0 spiro atoms. The third-order valence-corrected chi connectivity index (χ3v) is 10.2. The summed E-state index contributed by atoms with van der Waals surface area (Å²) in [6, 6.07) is 10.6. The van der Waals surface area contributed by atoms with Crippen molar-refractivity contribution in [3.05, 3.63) is 64.3 Å². The Kier molecular flexibility index (Phi) is 15.1. The van der Waals surface area contributed by atoms with E-state index in [0.29, 0.717) is 37.0 Å². The Labute approximate surface area is 356 Å². The van der Waals surface area contributed by atoms with E-state index in [0.717, 1.165) is 9.87 Å². The van der Waals surface area contributed by atoms with Gasteiger partial charge in [0.15, 0.2) is 6.54 Å². The van der Waals surface area contributed by atoms with Crippen molar-refractivity contribution < 1.29 is 58.5 Å². The molecule has 2 aromatic carbocycles. The smallest absolute Gasteiger partial charge is 0.416 e. The molecule has 4 rings (SSSR count). The maximum atomic E-state index is 14.1. The number of ether oxygens (including phenoxy) is 3. The first kappa shape index (κ1) is 47.7. The van der Waals surface area contributed by atoms with Crippen LogP contribution in [0.1, 0.15) is 67.9 Å². The van der Waals surface area contributed by atoms with Gasteiger partial charge in [-0.3, -0.25) is 14.0 Å². The van der Waals surface area contributed by atoms with E-state index >= 15 is 0 Å². The van der Waals surface area contributed by atoms with Crippen molar-refractivity contribution in [2.45, 2.75) is 90.4 Å². The van der Waals surface area contributed by atoms with Crippen molar-refractivity contribution in [1.29, 1.82) is 0 Å². The van der Waals surface area contributed by atoms with Crippen LogP contribution in [-0.2, 0) is 40.2 Å². The Morgan fingerprint density at radius 2 is 1.42 bits per heavy atom. The topological polar surface area (TPSA) is 149 Å². The largest absolute Gasteiger partial charge is 1.00 e. The number of nitrogens with zero attached hydrogens (tertiary/aromatic N) is 6. The zero-order chi connectivity index (χ0) is 42.0. The maximum Gasteiger partial charge on any atom is 0.416 e. The summed E-state index contributed by atoms with van der Waals surface area (Å²) >= 11 is 12.4. The fourth-order valence-corrected chi connectivity index (χ4v) is 7.90. The second kappa shape index (κ2) is 18.1. The molecule has 314 valence electrons. The van der Waals surface area contributed by atoms with E-state index in [1.807, 2.05) is 39.8 Å². The van der Waals surface area contributed by atoms with Crippen molar-refractivity contribution in [1.82, 2.24) is 9.97 Å². The fourth-order valence-electron chi connectivity index (χ4n) is 5.77. The number of carbonyl (C=O) groups excluding carboxylic acids is 3. The Bertz CT molecular complexity index is 2050. The minimum atomic E-state index is -4.35. The third kappa shape index (κ3) is 13.7. The number of aromatic nitrogens is 2. The lowest BCUT2D eigenvalue weighted by Gasteiger charge is -2.33. The Morgan fingerprint density at radius 1 is 0.842 bits per heavy atom. The highest BCUT2D eigenvalue weighted by Gasteiger charge is 2.34. The van der Waals surface area contributed by atoms with E-state index in [-0.39, 0.29) is 61.2 Å². The second-order valence-corrected chi connectivity index (χ2v) is 19.9. The molecule has 0 aliphatic carbocycles. The van der Waals surface area contributed by atoms with Gasteiger partial charge in [-0.2, -0.15) is 4.98 Å². The van der Waals surface area contributed by atoms with Crippen LogP contribution in [0.4, 0.5) is 27.9 Å². The molecule has 0 fully saturated rings. The predicted molar refractivity (Wildman–Crippen MR) is 217 cm³/mol. The number of hydrogen-bond donors (Lipinski definition) is 0. The highest BCUT2D eigenvalue weighted by Crippen LogP contribution is 2.38. The zero-order valence-electron chi connectivity index (χ0n) is 34.4. The molecule has 0 saturated heterocycles. The minimum Gasteiger partial charge on any atom is -1.00 e.